The summed E-state index contributed by atoms with van der Waals surface area (Å²) in [5, 5.41) is 12.3. The van der Waals surface area contributed by atoms with Crippen molar-refractivity contribution in [2.45, 2.75) is 38.7 Å². The lowest BCUT2D eigenvalue weighted by Crippen LogP contribution is -2.44. The first kappa shape index (κ1) is 17.3. The zero-order valence-corrected chi connectivity index (χ0v) is 13.0. The molecule has 0 saturated heterocycles. The first-order valence-corrected chi connectivity index (χ1v) is 6.74. The Labute approximate surface area is 125 Å². The highest BCUT2D eigenvalue weighted by Crippen LogP contribution is 2.26. The minimum Gasteiger partial charge on any atom is -0.508 e. The molecule has 1 aromatic rings. The first-order chi connectivity index (χ1) is 9.66. The van der Waals surface area contributed by atoms with Gasteiger partial charge in [-0.05, 0) is 38.5 Å². The molecule has 6 nitrogen and oxygen atoms in total. The van der Waals surface area contributed by atoms with Gasteiger partial charge in [0.2, 0.25) is 0 Å². The van der Waals surface area contributed by atoms with Crippen molar-refractivity contribution in [2.75, 3.05) is 13.2 Å². The molecule has 4 N–H and O–H groups in total. The maximum absolute atomic E-state index is 11.8. The molecule has 1 atom stereocenters. The van der Waals surface area contributed by atoms with E-state index in [0.29, 0.717) is 0 Å². The van der Waals surface area contributed by atoms with E-state index in [9.17, 15) is 9.90 Å². The zero-order valence-electron chi connectivity index (χ0n) is 13.0. The van der Waals surface area contributed by atoms with Gasteiger partial charge in [-0.3, -0.25) is 0 Å². The van der Waals surface area contributed by atoms with Crippen LogP contribution in [0, 0.1) is 0 Å². The van der Waals surface area contributed by atoms with Gasteiger partial charge in [0.05, 0.1) is 6.61 Å². The predicted octanol–water partition coefficient (Wildman–Crippen LogP) is 2.06. The minimum absolute atomic E-state index is 0.146. The Morgan fingerprint density at radius 1 is 1.33 bits per heavy atom. The van der Waals surface area contributed by atoms with Gasteiger partial charge in [-0.15, -0.1) is 0 Å². The number of ether oxygens (including phenoxy) is 1. The normalized spacial score (nSPS) is 14.3. The first-order valence-electron chi connectivity index (χ1n) is 6.74. The fourth-order valence-corrected chi connectivity index (χ4v) is 1.88. The van der Waals surface area contributed by atoms with Crippen molar-refractivity contribution in [3.05, 3.63) is 29.8 Å². The van der Waals surface area contributed by atoms with Crippen LogP contribution in [0.4, 0.5) is 4.79 Å². The van der Waals surface area contributed by atoms with Gasteiger partial charge in [0.15, 0.2) is 0 Å². The van der Waals surface area contributed by atoms with E-state index in [1.807, 2.05) is 13.0 Å². The topological polar surface area (TPSA) is 93.8 Å². The van der Waals surface area contributed by atoms with Crippen molar-refractivity contribution in [2.24, 2.45) is 5.90 Å². The lowest BCUT2D eigenvalue weighted by molar-refractivity contribution is 0.0476. The summed E-state index contributed by atoms with van der Waals surface area (Å²) in [6.45, 7) is 7.72. The highest BCUT2D eigenvalue weighted by atomic mass is 16.6. The Kier molecular flexibility index (Phi) is 5.57. The van der Waals surface area contributed by atoms with E-state index in [1.54, 1.807) is 39.0 Å². The van der Waals surface area contributed by atoms with Crippen LogP contribution in [0.3, 0.4) is 0 Å². The van der Waals surface area contributed by atoms with Crippen molar-refractivity contribution >= 4 is 6.09 Å². The number of amides is 1. The summed E-state index contributed by atoms with van der Waals surface area (Å²) in [6, 6.07) is 6.77. The van der Waals surface area contributed by atoms with Crippen LogP contribution < -0.4 is 11.2 Å². The lowest BCUT2D eigenvalue weighted by Gasteiger charge is -2.30. The molecule has 0 aliphatic heterocycles. The van der Waals surface area contributed by atoms with Gasteiger partial charge in [0.1, 0.15) is 11.4 Å². The Morgan fingerprint density at radius 3 is 2.52 bits per heavy atom. The van der Waals surface area contributed by atoms with E-state index in [-0.39, 0.29) is 18.9 Å². The summed E-state index contributed by atoms with van der Waals surface area (Å²) in [4.78, 5) is 16.5. The number of hydrogen-bond donors (Lipinski definition) is 3. The third kappa shape index (κ3) is 5.61. The van der Waals surface area contributed by atoms with Gasteiger partial charge in [-0.2, -0.15) is 0 Å². The molecule has 1 rings (SSSR count). The van der Waals surface area contributed by atoms with Crippen molar-refractivity contribution in [3.8, 4) is 5.75 Å². The van der Waals surface area contributed by atoms with Crippen molar-refractivity contribution in [3.63, 3.8) is 0 Å². The van der Waals surface area contributed by atoms with E-state index in [1.165, 1.54) is 0 Å². The fraction of sp³-hybridized carbons (Fsp3) is 0.533. The van der Waals surface area contributed by atoms with Crippen LogP contribution in [0.15, 0.2) is 24.3 Å². The summed E-state index contributed by atoms with van der Waals surface area (Å²) in [6.07, 6.45) is -0.508. The van der Waals surface area contributed by atoms with Gasteiger partial charge in [0.25, 0.3) is 0 Å². The molecule has 0 saturated carbocycles. The van der Waals surface area contributed by atoms with E-state index in [0.717, 1.165) is 5.56 Å². The second-order valence-electron chi connectivity index (χ2n) is 6.28. The number of hydrogen-bond acceptors (Lipinski definition) is 5. The third-order valence-corrected chi connectivity index (χ3v) is 2.97. The van der Waals surface area contributed by atoms with E-state index in [2.05, 4.69) is 5.32 Å². The van der Waals surface area contributed by atoms with Crippen LogP contribution in [0.25, 0.3) is 0 Å². The molecule has 6 heteroatoms. The summed E-state index contributed by atoms with van der Waals surface area (Å²) < 4.78 is 5.20. The molecular formula is C15H24N2O4. The molecule has 0 bridgehead atoms. The summed E-state index contributed by atoms with van der Waals surface area (Å²) in [7, 11) is 0. The Balaban J connectivity index is 2.79. The van der Waals surface area contributed by atoms with Crippen LogP contribution in [-0.2, 0) is 15.0 Å². The second kappa shape index (κ2) is 6.78. The van der Waals surface area contributed by atoms with Crippen molar-refractivity contribution in [1.82, 2.24) is 5.32 Å². The lowest BCUT2D eigenvalue weighted by atomic mass is 9.83. The van der Waals surface area contributed by atoms with Gasteiger partial charge in [-0.25, -0.2) is 10.7 Å². The second-order valence-corrected chi connectivity index (χ2v) is 6.28. The number of nitrogens with one attached hydrogen (secondary N) is 1. The molecule has 1 unspecified atom stereocenters. The number of phenols is 1. The zero-order chi connectivity index (χ0) is 16.1. The standard InChI is InChI=1S/C15H24N2O4/c1-14(2,3)21-13(19)17-9-15(4,10-20-16)11-6-5-7-12(18)8-11/h5-8,18H,9-10,16H2,1-4H3,(H,17,19). The number of rotatable bonds is 5. The van der Waals surface area contributed by atoms with Crippen LogP contribution in [0.2, 0.25) is 0 Å². The number of carbonyl (C=O) groups excluding carboxylic acids is 1. The maximum atomic E-state index is 11.8. The summed E-state index contributed by atoms with van der Waals surface area (Å²) in [5.41, 5.74) is -0.329. The van der Waals surface area contributed by atoms with E-state index in [4.69, 9.17) is 15.5 Å². The number of carbonyl (C=O) groups is 1. The third-order valence-electron chi connectivity index (χ3n) is 2.97. The molecule has 1 amide bonds. The summed E-state index contributed by atoms with van der Waals surface area (Å²) >= 11 is 0. The van der Waals surface area contributed by atoms with Crippen LogP contribution in [-0.4, -0.2) is 30.0 Å². The summed E-state index contributed by atoms with van der Waals surface area (Å²) in [5.74, 6) is 5.34. The minimum atomic E-state index is -0.579. The molecular weight excluding hydrogens is 272 g/mol. The highest BCUT2D eigenvalue weighted by Gasteiger charge is 2.29. The SMILES string of the molecule is CC(C)(C)OC(=O)NCC(C)(CON)c1cccc(O)c1. The smallest absolute Gasteiger partial charge is 0.407 e. The van der Waals surface area contributed by atoms with Crippen LogP contribution in [0.5, 0.6) is 5.75 Å². The molecule has 0 aliphatic carbocycles. The fourth-order valence-electron chi connectivity index (χ4n) is 1.88. The Hall–Kier alpha value is -1.79. The predicted molar refractivity (Wildman–Crippen MR) is 79.8 cm³/mol. The van der Waals surface area contributed by atoms with E-state index < -0.39 is 17.1 Å². The van der Waals surface area contributed by atoms with Crippen LogP contribution >= 0.6 is 0 Å². The molecule has 1 aromatic carbocycles. The Morgan fingerprint density at radius 2 is 2.00 bits per heavy atom. The largest absolute Gasteiger partial charge is 0.508 e. The highest BCUT2D eigenvalue weighted by molar-refractivity contribution is 5.67. The Bertz CT molecular complexity index is 485. The molecule has 118 valence electrons. The number of phenolic OH excluding ortho intramolecular Hbond substituents is 1. The average Bonchev–Trinajstić information content (AvgIpc) is 2.35. The van der Waals surface area contributed by atoms with E-state index >= 15 is 0 Å². The van der Waals surface area contributed by atoms with Crippen LogP contribution in [0.1, 0.15) is 33.3 Å². The van der Waals surface area contributed by atoms with Gasteiger partial charge >= 0.3 is 6.09 Å². The number of alkyl carbamates (subject to hydrolysis) is 1. The number of aromatic hydroxyl groups is 1. The molecule has 0 spiro atoms. The monoisotopic (exact) mass is 296 g/mol. The van der Waals surface area contributed by atoms with Crippen molar-refractivity contribution in [1.29, 1.82) is 0 Å². The van der Waals surface area contributed by atoms with Gasteiger partial charge < -0.3 is 20.0 Å². The molecule has 0 heterocycles. The van der Waals surface area contributed by atoms with Gasteiger partial charge in [0, 0.05) is 12.0 Å². The van der Waals surface area contributed by atoms with Gasteiger partial charge in [-0.1, -0.05) is 19.1 Å². The molecule has 0 fully saturated rings. The van der Waals surface area contributed by atoms with Crippen molar-refractivity contribution < 1.29 is 19.5 Å². The molecule has 21 heavy (non-hydrogen) atoms. The molecule has 0 radical (unpaired) electrons. The maximum Gasteiger partial charge on any atom is 0.407 e. The number of benzene rings is 1. The molecule has 0 aliphatic rings. The quantitative estimate of drug-likeness (QED) is 0.723. The average molecular weight is 296 g/mol. The molecule has 0 aromatic heterocycles. The number of nitrogens with two attached hydrogens (primary N) is 1.